The lowest BCUT2D eigenvalue weighted by Gasteiger charge is -2.15. The summed E-state index contributed by atoms with van der Waals surface area (Å²) in [6, 6.07) is 19.3. The summed E-state index contributed by atoms with van der Waals surface area (Å²) in [5, 5.41) is 9.39. The van der Waals surface area contributed by atoms with Gasteiger partial charge in [-0.05, 0) is 149 Å². The maximum absolute atomic E-state index is 12.0. The Labute approximate surface area is 844 Å². The topological polar surface area (TPSA) is 450 Å². The maximum atomic E-state index is 12.0. The van der Waals surface area contributed by atoms with Crippen molar-refractivity contribution in [1.82, 2.24) is 0 Å². The molecule has 0 aliphatic carbocycles. The van der Waals surface area contributed by atoms with Crippen LogP contribution in [-0.4, -0.2) is 226 Å². The Morgan fingerprint density at radius 1 is 0.225 bits per heavy atom. The van der Waals surface area contributed by atoms with Crippen molar-refractivity contribution >= 4 is 95.5 Å². The molecule has 808 valence electrons. The van der Waals surface area contributed by atoms with Crippen molar-refractivity contribution in [1.29, 1.82) is 0 Å². The fourth-order valence-corrected chi connectivity index (χ4v) is 8.48. The predicted octanol–water partition coefficient (Wildman–Crippen LogP) is 18.5. The Balaban J connectivity index is -0.000000505. The van der Waals surface area contributed by atoms with Crippen molar-refractivity contribution in [3.8, 4) is 0 Å². The molecule has 0 saturated heterocycles. The number of benzene rings is 3. The monoisotopic (exact) mass is 2010 g/mol. The third-order valence-electron chi connectivity index (χ3n) is 15.5. The lowest BCUT2D eigenvalue weighted by Crippen LogP contribution is -2.30. The Kier molecular flexibility index (Phi) is 81.3. The number of methoxy groups -OCH3 is 1. The van der Waals surface area contributed by atoms with Crippen LogP contribution in [0.4, 0.5) is 0 Å². The largest absolute Gasteiger partial charge is 0.465 e. The minimum atomic E-state index is -1.44. The fourth-order valence-electron chi connectivity index (χ4n) is 8.48. The molecule has 1 N–H and O–H groups in total. The van der Waals surface area contributed by atoms with Crippen molar-refractivity contribution < 1.29 is 162 Å². The average molecular weight is 2010 g/mol. The summed E-state index contributed by atoms with van der Waals surface area (Å²) < 4.78 is 84.5. The molecule has 0 bridgehead atoms. The first-order valence-electron chi connectivity index (χ1n) is 48.7. The highest BCUT2D eigenvalue weighted by molar-refractivity contribution is 6.03. The molecule has 3 aromatic rings. The minimum Gasteiger partial charge on any atom is -0.465 e. The molecule has 0 spiro atoms. The minimum absolute atomic E-state index is 0.111. The van der Waals surface area contributed by atoms with E-state index in [2.05, 4.69) is 0 Å². The number of esters is 16. The molecule has 2 unspecified atom stereocenters. The summed E-state index contributed by atoms with van der Waals surface area (Å²) >= 11 is 0. The van der Waals surface area contributed by atoms with Gasteiger partial charge in [0.15, 0.2) is 12.2 Å². The number of carbonyl (C=O) groups is 16. The molecule has 0 aliphatic rings. The van der Waals surface area contributed by atoms with E-state index in [1.54, 1.807) is 66.7 Å². The lowest BCUT2D eigenvalue weighted by molar-refractivity contribution is -0.163. The van der Waals surface area contributed by atoms with Crippen molar-refractivity contribution in [2.24, 2.45) is 94.7 Å². The van der Waals surface area contributed by atoms with Crippen LogP contribution in [0.25, 0.3) is 0 Å². The SMILES string of the molecule is CC(C)COC(=O)/C=C/C(=O)OCC(C)C.CC(C)COC(=O)/C=C\C(=O)OCC(C)C.CC(C)COC(=O)CC(=O)OCC(C)C.CC(C)COC(=O)CC(O)C(=O)OCC(C)C.CC(C)COC(=O)c1ccc(C(=O)OCC(C)C)cc1.CC(C)COC(=O)c1cccc(C(=O)OCC(C)C)c1.CC(C)COC(=O)c1ccccc1C(=O)OCC(C)C.COC(CC(=O)OCC(C)C)C(=O)OCC(C)C. The molecule has 2 atom stereocenters. The number of hydrogen-bond acceptors (Lipinski definition) is 34. The summed E-state index contributed by atoms with van der Waals surface area (Å²) in [7, 11) is 1.37. The second-order valence-corrected chi connectivity index (χ2v) is 39.6. The highest BCUT2D eigenvalue weighted by Crippen LogP contribution is 2.17. The van der Waals surface area contributed by atoms with E-state index < -0.39 is 95.8 Å². The van der Waals surface area contributed by atoms with Gasteiger partial charge in [-0.2, -0.15) is 0 Å². The average Bonchev–Trinajstić information content (AvgIpc) is 0.845. The van der Waals surface area contributed by atoms with E-state index in [0.29, 0.717) is 127 Å². The van der Waals surface area contributed by atoms with Gasteiger partial charge in [0, 0.05) is 31.4 Å². The molecule has 0 radical (unpaired) electrons. The maximum Gasteiger partial charge on any atom is 0.339 e. The summed E-state index contributed by atoms with van der Waals surface area (Å²) in [6.07, 6.45) is 1.27. The molecule has 0 fully saturated rings. The van der Waals surface area contributed by atoms with Crippen molar-refractivity contribution in [3.63, 3.8) is 0 Å². The Bertz CT molecular complexity index is 3890. The van der Waals surface area contributed by atoms with Gasteiger partial charge in [0.2, 0.25) is 0 Å². The molecule has 142 heavy (non-hydrogen) atoms. The van der Waals surface area contributed by atoms with Crippen LogP contribution in [0.3, 0.4) is 0 Å². The van der Waals surface area contributed by atoms with E-state index in [0.717, 1.165) is 24.3 Å². The van der Waals surface area contributed by atoms with E-state index in [1.165, 1.54) is 13.2 Å². The number of carbonyl (C=O) groups excluding carboxylic acids is 16. The van der Waals surface area contributed by atoms with Crippen LogP contribution in [0, 0.1) is 94.7 Å². The van der Waals surface area contributed by atoms with E-state index in [9.17, 15) is 81.8 Å². The zero-order valence-corrected chi connectivity index (χ0v) is 91.0. The molecule has 0 heterocycles. The molecule has 0 amide bonds. The van der Waals surface area contributed by atoms with Crippen molar-refractivity contribution in [2.45, 2.75) is 253 Å². The van der Waals surface area contributed by atoms with Crippen LogP contribution in [0.2, 0.25) is 0 Å². The quantitative estimate of drug-likeness (QED) is 0.0237. The molecule has 34 nitrogen and oxygen atoms in total. The van der Waals surface area contributed by atoms with E-state index in [4.69, 9.17) is 80.5 Å². The van der Waals surface area contributed by atoms with Crippen LogP contribution in [0.5, 0.6) is 0 Å². The third kappa shape index (κ3) is 86.5. The number of ether oxygens (including phenoxy) is 17. The van der Waals surface area contributed by atoms with Crippen molar-refractivity contribution in [2.75, 3.05) is 113 Å². The van der Waals surface area contributed by atoms with Gasteiger partial charge in [-0.15, -0.1) is 0 Å². The summed E-state index contributed by atoms with van der Waals surface area (Å²) in [6.45, 7) is 67.6. The molecule has 0 aliphatic heterocycles. The number of rotatable bonds is 51. The fraction of sp³-hybridized carbons (Fsp3) is 0.648. The van der Waals surface area contributed by atoms with Gasteiger partial charge in [0.25, 0.3) is 0 Å². The standard InChI is InChI=1S/3C16H22O4.C13H24O5.C12H22O5.2C12H20O4.C11H20O4/c1-11(2)9-19-15(17)13-5-7-14(8-6-13)16(18)20-10-12(3)4;1-11(2)9-19-15(17)13-6-5-7-14(8-13)16(18)20-10-12(3)4;1-11(2)9-19-15(17)13-7-5-6-8-14(13)16(18)20-10-12(3)4;1-9(2)7-17-12(14)6-11(16-5)13(15)18-8-10(3)4;1-8(2)6-16-11(14)5-10(13)12(15)17-7-9(3)4;2*1-9(2)7-15-11(13)5-6-12(14)16-8-10(3)4;1-8(2)6-14-10(12)5-11(13)15-7-9(3)4/h3*5-8,11-12H,9-10H2,1-4H3;9-11H,6-8H2,1-5H3;8-10,13H,5-7H2,1-4H3;2*5-6,9-10H,7-8H2,1-4H3;8-9H,5-7H2,1-4H3/b;;;;;6-5+;6-5-;. The first kappa shape index (κ1) is 139. The van der Waals surface area contributed by atoms with Gasteiger partial charge < -0.3 is 85.6 Å². The molecule has 0 aromatic heterocycles. The second-order valence-electron chi connectivity index (χ2n) is 39.6. The van der Waals surface area contributed by atoms with Gasteiger partial charge in [-0.25, -0.2) is 57.5 Å². The Hall–Kier alpha value is -11.4. The molecule has 3 rings (SSSR count). The second kappa shape index (κ2) is 83.1. The van der Waals surface area contributed by atoms with E-state index in [-0.39, 0.29) is 138 Å². The van der Waals surface area contributed by atoms with E-state index in [1.807, 2.05) is 222 Å². The molecule has 3 aromatic carbocycles. The third-order valence-corrected chi connectivity index (χ3v) is 15.5. The van der Waals surface area contributed by atoms with Crippen molar-refractivity contribution in [3.05, 3.63) is 130 Å². The molecule has 0 saturated carbocycles. The van der Waals surface area contributed by atoms with Gasteiger partial charge in [-0.1, -0.05) is 240 Å². The summed E-state index contributed by atoms with van der Waals surface area (Å²) in [5.41, 5.74) is 2.11. The van der Waals surface area contributed by atoms with Gasteiger partial charge in [0.05, 0.1) is 152 Å². The zero-order valence-electron chi connectivity index (χ0n) is 91.0. The first-order chi connectivity index (χ1) is 66.1. The molecular formula is C108H172O34. The lowest BCUT2D eigenvalue weighted by atomic mass is 10.1. The summed E-state index contributed by atoms with van der Waals surface area (Å²) in [5.74, 6) is -3.74. The number of hydrogen-bond donors (Lipinski definition) is 1. The normalized spacial score (nSPS) is 11.3. The van der Waals surface area contributed by atoms with Gasteiger partial charge >= 0.3 is 95.5 Å². The van der Waals surface area contributed by atoms with E-state index >= 15 is 0 Å². The molecule has 34 heteroatoms. The van der Waals surface area contributed by atoms with Gasteiger partial charge in [0.1, 0.15) is 6.42 Å². The Morgan fingerprint density at radius 3 is 0.676 bits per heavy atom. The highest BCUT2D eigenvalue weighted by atomic mass is 16.6. The highest BCUT2D eigenvalue weighted by Gasteiger charge is 2.27. The van der Waals surface area contributed by atoms with Gasteiger partial charge in [-0.3, -0.25) is 19.2 Å². The predicted molar refractivity (Wildman–Crippen MR) is 537 cm³/mol. The summed E-state index contributed by atoms with van der Waals surface area (Å²) in [4.78, 5) is 183. The first-order valence-corrected chi connectivity index (χ1v) is 48.7. The van der Waals surface area contributed by atoms with Crippen LogP contribution in [0.15, 0.2) is 97.1 Å². The number of aliphatic hydroxyl groups excluding tert-OH is 1. The zero-order chi connectivity index (χ0) is 110. The van der Waals surface area contributed by atoms with Crippen LogP contribution in [-0.2, 0) is 128 Å². The van der Waals surface area contributed by atoms with Crippen LogP contribution < -0.4 is 0 Å². The smallest absolute Gasteiger partial charge is 0.339 e. The Morgan fingerprint density at radius 2 is 0.430 bits per heavy atom. The van der Waals surface area contributed by atoms with Crippen LogP contribution in [0.1, 0.15) is 303 Å². The van der Waals surface area contributed by atoms with Crippen LogP contribution >= 0.6 is 0 Å². The number of aliphatic hydroxyl groups is 1. The molecular weight excluding hydrogens is 1840 g/mol.